The molecule has 2 aromatic carbocycles. The van der Waals surface area contributed by atoms with Gasteiger partial charge in [-0.2, -0.15) is 26.3 Å². The second-order valence-corrected chi connectivity index (χ2v) is 7.59. The van der Waals surface area contributed by atoms with E-state index in [2.05, 4.69) is 15.5 Å². The predicted molar refractivity (Wildman–Crippen MR) is 108 cm³/mol. The minimum Gasteiger partial charge on any atom is -0.486 e. The first-order chi connectivity index (χ1) is 15.4. The van der Waals surface area contributed by atoms with Crippen LogP contribution >= 0.6 is 11.8 Å². The summed E-state index contributed by atoms with van der Waals surface area (Å²) in [5.41, 5.74) is -2.17. The number of hydrogen-bond acceptors (Lipinski definition) is 5. The van der Waals surface area contributed by atoms with Gasteiger partial charge in [-0.3, -0.25) is 4.79 Å². The van der Waals surface area contributed by atoms with E-state index < -0.39 is 29.4 Å². The normalized spacial score (nSPS) is 12.0. The molecule has 0 spiro atoms. The molecule has 0 fully saturated rings. The number of ether oxygens (including phenoxy) is 1. The number of carbonyl (C=O) groups excluding carboxylic acids is 1. The number of para-hydroxylation sites is 1. The summed E-state index contributed by atoms with van der Waals surface area (Å²) in [4.78, 5) is 12.1. The van der Waals surface area contributed by atoms with Crippen LogP contribution in [0.1, 0.15) is 17.0 Å². The van der Waals surface area contributed by atoms with Crippen molar-refractivity contribution >= 4 is 23.4 Å². The molecule has 0 unspecified atom stereocenters. The minimum absolute atomic E-state index is 0.00950. The molecule has 0 bridgehead atoms. The van der Waals surface area contributed by atoms with Gasteiger partial charge in [-0.1, -0.05) is 30.0 Å². The zero-order valence-corrected chi connectivity index (χ0v) is 17.7. The first kappa shape index (κ1) is 24.4. The van der Waals surface area contributed by atoms with E-state index in [9.17, 15) is 31.1 Å². The first-order valence-electron chi connectivity index (χ1n) is 9.22. The number of hydrogen-bond donors (Lipinski definition) is 1. The van der Waals surface area contributed by atoms with Gasteiger partial charge in [0, 0.05) is 7.05 Å². The third-order valence-electron chi connectivity index (χ3n) is 4.29. The minimum atomic E-state index is -4.62. The van der Waals surface area contributed by atoms with Crippen LogP contribution in [0.3, 0.4) is 0 Å². The lowest BCUT2D eigenvalue weighted by Crippen LogP contribution is -2.18. The van der Waals surface area contributed by atoms with E-state index >= 15 is 0 Å². The van der Waals surface area contributed by atoms with Crippen molar-refractivity contribution < 1.29 is 35.9 Å². The van der Waals surface area contributed by atoms with Crippen LogP contribution in [0.15, 0.2) is 53.7 Å². The van der Waals surface area contributed by atoms with Gasteiger partial charge in [-0.15, -0.1) is 10.2 Å². The summed E-state index contributed by atoms with van der Waals surface area (Å²) in [6, 6.07) is 8.96. The molecule has 1 aromatic heterocycles. The zero-order valence-electron chi connectivity index (χ0n) is 16.9. The molecule has 1 heterocycles. The highest BCUT2D eigenvalue weighted by Gasteiger charge is 2.33. The fourth-order valence-corrected chi connectivity index (χ4v) is 3.39. The molecular weight excluding hydrogens is 474 g/mol. The Bertz CT molecular complexity index is 1130. The summed E-state index contributed by atoms with van der Waals surface area (Å²) in [5, 5.41) is 10.3. The van der Waals surface area contributed by atoms with Crippen LogP contribution in [-0.2, 0) is 30.8 Å². The highest BCUT2D eigenvalue weighted by molar-refractivity contribution is 7.99. The second-order valence-electron chi connectivity index (χ2n) is 6.65. The molecule has 33 heavy (non-hydrogen) atoms. The number of nitrogens with one attached hydrogen (secondary N) is 1. The van der Waals surface area contributed by atoms with Crippen molar-refractivity contribution in [1.29, 1.82) is 0 Å². The van der Waals surface area contributed by atoms with E-state index in [1.165, 1.54) is 28.8 Å². The molecule has 0 radical (unpaired) electrons. The Morgan fingerprint density at radius 2 is 1.76 bits per heavy atom. The van der Waals surface area contributed by atoms with Crippen molar-refractivity contribution in [1.82, 2.24) is 14.8 Å². The number of carbonyl (C=O) groups is 1. The van der Waals surface area contributed by atoms with Crippen LogP contribution in [0.2, 0.25) is 0 Å². The van der Waals surface area contributed by atoms with E-state index in [-0.39, 0.29) is 34.8 Å². The molecule has 6 nitrogen and oxygen atoms in total. The monoisotopic (exact) mass is 490 g/mol. The lowest BCUT2D eigenvalue weighted by molar-refractivity contribution is -0.138. The number of amides is 1. The van der Waals surface area contributed by atoms with Crippen LogP contribution in [-0.4, -0.2) is 26.4 Å². The summed E-state index contributed by atoms with van der Waals surface area (Å²) in [6.07, 6.45) is -9.12. The Morgan fingerprint density at radius 1 is 1.03 bits per heavy atom. The molecule has 0 atom stereocenters. The number of rotatable bonds is 7. The fourth-order valence-electron chi connectivity index (χ4n) is 2.66. The highest BCUT2D eigenvalue weighted by atomic mass is 32.2. The molecule has 0 saturated heterocycles. The van der Waals surface area contributed by atoms with Crippen molar-refractivity contribution in [2.24, 2.45) is 7.05 Å². The van der Waals surface area contributed by atoms with Crippen molar-refractivity contribution in [2.45, 2.75) is 24.1 Å². The number of anilines is 1. The van der Waals surface area contributed by atoms with Crippen LogP contribution in [0.4, 0.5) is 32.0 Å². The van der Waals surface area contributed by atoms with Gasteiger partial charge in [0.1, 0.15) is 12.4 Å². The second kappa shape index (κ2) is 9.73. The topological polar surface area (TPSA) is 69.0 Å². The summed E-state index contributed by atoms with van der Waals surface area (Å²) in [6.45, 7) is -0.184. The van der Waals surface area contributed by atoms with E-state index in [0.29, 0.717) is 0 Å². The number of halogens is 6. The van der Waals surface area contributed by atoms with Gasteiger partial charge in [0.2, 0.25) is 5.91 Å². The average Bonchev–Trinajstić information content (AvgIpc) is 3.09. The largest absolute Gasteiger partial charge is 0.486 e. The lowest BCUT2D eigenvalue weighted by Gasteiger charge is -2.13. The van der Waals surface area contributed by atoms with E-state index in [4.69, 9.17) is 4.74 Å². The lowest BCUT2D eigenvalue weighted by atomic mass is 10.1. The maximum Gasteiger partial charge on any atom is 0.418 e. The molecule has 0 saturated carbocycles. The molecule has 0 aliphatic carbocycles. The number of alkyl halides is 6. The maximum absolute atomic E-state index is 13.0. The summed E-state index contributed by atoms with van der Waals surface area (Å²) < 4.78 is 84.3. The van der Waals surface area contributed by atoms with Crippen LogP contribution < -0.4 is 10.1 Å². The molecule has 3 rings (SSSR count). The molecule has 1 N–H and O–H groups in total. The van der Waals surface area contributed by atoms with Crippen LogP contribution in [0.5, 0.6) is 5.75 Å². The van der Waals surface area contributed by atoms with Gasteiger partial charge in [0.15, 0.2) is 11.0 Å². The molecule has 3 aromatic rings. The van der Waals surface area contributed by atoms with Gasteiger partial charge in [0.05, 0.1) is 22.6 Å². The Labute approximate surface area is 188 Å². The fraction of sp³-hybridized carbons (Fsp3) is 0.250. The van der Waals surface area contributed by atoms with Crippen molar-refractivity contribution in [3.63, 3.8) is 0 Å². The van der Waals surface area contributed by atoms with Crippen molar-refractivity contribution in [3.05, 3.63) is 65.5 Å². The van der Waals surface area contributed by atoms with Gasteiger partial charge in [0.25, 0.3) is 0 Å². The molecule has 0 aliphatic heterocycles. The Balaban J connectivity index is 1.58. The third kappa shape index (κ3) is 6.40. The van der Waals surface area contributed by atoms with E-state index in [1.807, 2.05) is 0 Å². The Hall–Kier alpha value is -3.22. The molecular formula is C20H16F6N4O2S. The molecule has 0 aliphatic rings. The van der Waals surface area contributed by atoms with Gasteiger partial charge in [-0.25, -0.2) is 0 Å². The molecule has 1 amide bonds. The molecule has 13 heteroatoms. The Morgan fingerprint density at radius 3 is 2.45 bits per heavy atom. The number of thioether (sulfide) groups is 1. The van der Waals surface area contributed by atoms with Gasteiger partial charge >= 0.3 is 12.4 Å². The molecule has 176 valence electrons. The first-order valence-corrected chi connectivity index (χ1v) is 10.2. The van der Waals surface area contributed by atoms with E-state index in [1.54, 1.807) is 7.05 Å². The maximum atomic E-state index is 13.0. The smallest absolute Gasteiger partial charge is 0.418 e. The number of aromatic nitrogens is 3. The zero-order chi connectivity index (χ0) is 24.2. The van der Waals surface area contributed by atoms with Crippen molar-refractivity contribution in [2.75, 3.05) is 11.1 Å². The summed E-state index contributed by atoms with van der Waals surface area (Å²) in [7, 11) is 1.56. The quantitative estimate of drug-likeness (QED) is 0.366. The average molecular weight is 490 g/mol. The summed E-state index contributed by atoms with van der Waals surface area (Å²) >= 11 is 0.928. The third-order valence-corrected chi connectivity index (χ3v) is 5.31. The van der Waals surface area contributed by atoms with E-state index in [0.717, 1.165) is 36.0 Å². The number of benzene rings is 2. The predicted octanol–water partition coefficient (Wildman–Crippen LogP) is 5.16. The highest BCUT2D eigenvalue weighted by Crippen LogP contribution is 2.35. The SMILES string of the molecule is Cn1c(COc2cccc(C(F)(F)F)c2)nnc1SCC(=O)Nc1ccccc1C(F)(F)F. The van der Waals surface area contributed by atoms with Crippen molar-refractivity contribution in [3.8, 4) is 5.75 Å². The standard InChI is InChI=1S/C20H16F6N4O2S/c1-30-16(10-32-13-6-4-5-12(9-13)19(21,22)23)28-29-18(30)33-11-17(31)27-15-8-3-2-7-14(15)20(24,25)26/h2-9H,10-11H2,1H3,(H,27,31). The van der Waals surface area contributed by atoms with Crippen LogP contribution in [0, 0.1) is 0 Å². The Kier molecular flexibility index (Phi) is 7.20. The van der Waals surface area contributed by atoms with Crippen LogP contribution in [0.25, 0.3) is 0 Å². The van der Waals surface area contributed by atoms with Gasteiger partial charge in [-0.05, 0) is 30.3 Å². The number of nitrogens with zero attached hydrogens (tertiary/aromatic N) is 3. The van der Waals surface area contributed by atoms with Gasteiger partial charge < -0.3 is 14.6 Å². The summed E-state index contributed by atoms with van der Waals surface area (Å²) in [5.74, 6) is -0.656.